The van der Waals surface area contributed by atoms with Gasteiger partial charge in [-0.1, -0.05) is 57.9 Å². The minimum atomic E-state index is -0.115. The van der Waals surface area contributed by atoms with E-state index >= 15 is 0 Å². The molecule has 4 aliphatic rings. The normalized spacial score (nSPS) is 45.6. The molecule has 0 spiro atoms. The highest BCUT2D eigenvalue weighted by Crippen LogP contribution is 2.71. The van der Waals surface area contributed by atoms with Gasteiger partial charge in [0.15, 0.2) is 0 Å². The Balaban J connectivity index is 1.58. The Labute approximate surface area is 186 Å². The quantitative estimate of drug-likeness (QED) is 0.464. The Morgan fingerprint density at radius 1 is 1.10 bits per heavy atom. The van der Waals surface area contributed by atoms with Gasteiger partial charge in [-0.2, -0.15) is 0 Å². The summed E-state index contributed by atoms with van der Waals surface area (Å²) in [5, 5.41) is 10.7. The predicted octanol–water partition coefficient (Wildman–Crippen LogP) is 7.94. The van der Waals surface area contributed by atoms with Crippen LogP contribution in [0.4, 0.5) is 0 Å². The zero-order chi connectivity index (χ0) is 21.9. The van der Waals surface area contributed by atoms with Gasteiger partial charge in [-0.25, -0.2) is 0 Å². The van der Waals surface area contributed by atoms with Crippen molar-refractivity contribution in [1.29, 1.82) is 0 Å². The third kappa shape index (κ3) is 3.28. The molecule has 0 heterocycles. The highest BCUT2D eigenvalue weighted by atomic mass is 16.3. The molecule has 0 amide bonds. The lowest BCUT2D eigenvalue weighted by Crippen LogP contribution is -2.53. The van der Waals surface area contributed by atoms with Crippen LogP contribution in [0.3, 0.4) is 0 Å². The fraction of sp³-hybridized carbons (Fsp3) is 0.862. The van der Waals surface area contributed by atoms with E-state index < -0.39 is 0 Å². The van der Waals surface area contributed by atoms with Gasteiger partial charge >= 0.3 is 0 Å². The van der Waals surface area contributed by atoms with Crippen molar-refractivity contribution < 1.29 is 5.11 Å². The maximum absolute atomic E-state index is 10.7. The number of rotatable bonds is 4. The highest BCUT2D eigenvalue weighted by Gasteiger charge is 2.62. The van der Waals surface area contributed by atoms with Crippen molar-refractivity contribution in [3.8, 4) is 0 Å². The average molecular weight is 413 g/mol. The molecule has 0 aliphatic heterocycles. The first-order valence-corrected chi connectivity index (χ1v) is 13.0. The first-order chi connectivity index (χ1) is 14.0. The SMILES string of the molecule is CC(C)=CCCC(C)C1CCC2(C)C3=CCC4C(CCC(O)C4(C)C)C3CCC12C. The molecular weight excluding hydrogens is 364 g/mol. The van der Waals surface area contributed by atoms with Crippen LogP contribution in [0, 0.1) is 45.8 Å². The maximum Gasteiger partial charge on any atom is 0.0594 e. The lowest BCUT2D eigenvalue weighted by Gasteiger charge is -2.60. The molecule has 0 aromatic rings. The molecule has 0 bridgehead atoms. The Hall–Kier alpha value is -0.560. The molecular formula is C29H48O. The van der Waals surface area contributed by atoms with Crippen LogP contribution in [0.25, 0.3) is 0 Å². The van der Waals surface area contributed by atoms with Gasteiger partial charge in [0.1, 0.15) is 0 Å². The van der Waals surface area contributed by atoms with Gasteiger partial charge in [0.2, 0.25) is 0 Å². The standard InChI is InChI=1S/C29H48O/c1-19(2)9-8-10-20(3)23-16-18-29(7)25-13-12-24-21(11-14-26(30)27(24,4)5)22(25)15-17-28(23,29)6/h9,13,20-24,26,30H,8,10-12,14-18H2,1-7H3. The molecule has 4 aliphatic carbocycles. The van der Waals surface area contributed by atoms with Crippen LogP contribution < -0.4 is 0 Å². The van der Waals surface area contributed by atoms with Gasteiger partial charge in [0.25, 0.3) is 0 Å². The monoisotopic (exact) mass is 412 g/mol. The van der Waals surface area contributed by atoms with Crippen molar-refractivity contribution in [2.45, 2.75) is 112 Å². The molecule has 8 atom stereocenters. The second kappa shape index (κ2) is 7.79. The van der Waals surface area contributed by atoms with Crippen molar-refractivity contribution in [3.63, 3.8) is 0 Å². The summed E-state index contributed by atoms with van der Waals surface area (Å²) in [4.78, 5) is 0. The van der Waals surface area contributed by atoms with Crippen molar-refractivity contribution in [2.24, 2.45) is 45.8 Å². The van der Waals surface area contributed by atoms with E-state index in [1.807, 2.05) is 5.57 Å². The molecule has 3 saturated carbocycles. The zero-order valence-electron chi connectivity index (χ0n) is 20.9. The first kappa shape index (κ1) is 22.6. The van der Waals surface area contributed by atoms with Gasteiger partial charge in [0.05, 0.1) is 6.10 Å². The van der Waals surface area contributed by atoms with Crippen molar-refractivity contribution in [3.05, 3.63) is 23.3 Å². The fourth-order valence-electron chi connectivity index (χ4n) is 8.92. The average Bonchev–Trinajstić information content (AvgIpc) is 2.96. The molecule has 3 fully saturated rings. The van der Waals surface area contributed by atoms with E-state index in [0.717, 1.165) is 30.1 Å². The van der Waals surface area contributed by atoms with Crippen LogP contribution in [-0.4, -0.2) is 11.2 Å². The number of fused-ring (bicyclic) bond motifs is 5. The van der Waals surface area contributed by atoms with E-state index in [9.17, 15) is 5.11 Å². The zero-order valence-corrected chi connectivity index (χ0v) is 20.9. The first-order valence-electron chi connectivity index (χ1n) is 13.0. The Bertz CT molecular complexity index is 710. The van der Waals surface area contributed by atoms with Gasteiger partial charge in [0, 0.05) is 0 Å². The number of allylic oxidation sites excluding steroid dienone is 4. The molecule has 170 valence electrons. The molecule has 0 aromatic carbocycles. The number of aliphatic hydroxyl groups is 1. The molecule has 4 rings (SSSR count). The lowest BCUT2D eigenvalue weighted by atomic mass is 9.45. The summed E-state index contributed by atoms with van der Waals surface area (Å²) in [6.45, 7) is 17.0. The summed E-state index contributed by atoms with van der Waals surface area (Å²) < 4.78 is 0. The molecule has 1 N–H and O–H groups in total. The second-order valence-corrected chi connectivity index (χ2v) is 13.0. The number of hydrogen-bond acceptors (Lipinski definition) is 1. The van der Waals surface area contributed by atoms with Gasteiger partial charge in [-0.3, -0.25) is 0 Å². The topological polar surface area (TPSA) is 20.2 Å². The summed E-state index contributed by atoms with van der Waals surface area (Å²) in [7, 11) is 0. The summed E-state index contributed by atoms with van der Waals surface area (Å²) in [6.07, 6.45) is 16.7. The number of hydrogen-bond donors (Lipinski definition) is 1. The number of aliphatic hydroxyl groups excluding tert-OH is 1. The highest BCUT2D eigenvalue weighted by molar-refractivity contribution is 5.31. The Morgan fingerprint density at radius 2 is 1.83 bits per heavy atom. The Morgan fingerprint density at radius 3 is 2.53 bits per heavy atom. The molecule has 0 saturated heterocycles. The lowest BCUT2D eigenvalue weighted by molar-refractivity contribution is -0.0870. The maximum atomic E-state index is 10.7. The van der Waals surface area contributed by atoms with Crippen molar-refractivity contribution in [2.75, 3.05) is 0 Å². The largest absolute Gasteiger partial charge is 0.393 e. The van der Waals surface area contributed by atoms with Crippen molar-refractivity contribution in [1.82, 2.24) is 0 Å². The van der Waals surface area contributed by atoms with Crippen LogP contribution in [0.1, 0.15) is 106 Å². The minimum absolute atomic E-state index is 0.0737. The summed E-state index contributed by atoms with van der Waals surface area (Å²) in [5.74, 6) is 3.96. The molecule has 1 nitrogen and oxygen atoms in total. The fourth-order valence-corrected chi connectivity index (χ4v) is 8.92. The van der Waals surface area contributed by atoms with E-state index in [0.29, 0.717) is 16.7 Å². The van der Waals surface area contributed by atoms with Crippen LogP contribution >= 0.6 is 0 Å². The van der Waals surface area contributed by atoms with E-state index in [-0.39, 0.29) is 11.5 Å². The van der Waals surface area contributed by atoms with Gasteiger partial charge < -0.3 is 5.11 Å². The van der Waals surface area contributed by atoms with E-state index in [1.165, 1.54) is 56.9 Å². The summed E-state index contributed by atoms with van der Waals surface area (Å²) in [5.41, 5.74) is 4.26. The third-order valence-electron chi connectivity index (χ3n) is 11.1. The predicted molar refractivity (Wildman–Crippen MR) is 128 cm³/mol. The molecule has 0 radical (unpaired) electrons. The van der Waals surface area contributed by atoms with Crippen LogP contribution in [0.15, 0.2) is 23.3 Å². The molecule has 1 heteroatoms. The van der Waals surface area contributed by atoms with Gasteiger partial charge in [-0.05, 0) is 117 Å². The van der Waals surface area contributed by atoms with Crippen LogP contribution in [0.5, 0.6) is 0 Å². The molecule has 30 heavy (non-hydrogen) atoms. The van der Waals surface area contributed by atoms with E-state index in [4.69, 9.17) is 0 Å². The van der Waals surface area contributed by atoms with Crippen LogP contribution in [0.2, 0.25) is 0 Å². The van der Waals surface area contributed by atoms with E-state index in [1.54, 1.807) is 0 Å². The molecule has 8 unspecified atom stereocenters. The van der Waals surface area contributed by atoms with Gasteiger partial charge in [-0.15, -0.1) is 0 Å². The van der Waals surface area contributed by atoms with E-state index in [2.05, 4.69) is 60.6 Å². The Kier molecular flexibility index (Phi) is 5.87. The second-order valence-electron chi connectivity index (χ2n) is 13.0. The van der Waals surface area contributed by atoms with Crippen molar-refractivity contribution >= 4 is 0 Å². The minimum Gasteiger partial charge on any atom is -0.393 e. The smallest absolute Gasteiger partial charge is 0.0594 e. The van der Waals surface area contributed by atoms with Crippen LogP contribution in [-0.2, 0) is 0 Å². The molecule has 0 aromatic heterocycles. The summed E-state index contributed by atoms with van der Waals surface area (Å²) >= 11 is 0. The third-order valence-corrected chi connectivity index (χ3v) is 11.1. The summed E-state index contributed by atoms with van der Waals surface area (Å²) in [6, 6.07) is 0.